The van der Waals surface area contributed by atoms with Crippen molar-refractivity contribution >= 4 is 23.5 Å². The summed E-state index contributed by atoms with van der Waals surface area (Å²) < 4.78 is 0. The van der Waals surface area contributed by atoms with Crippen LogP contribution in [0.25, 0.3) is 0 Å². The van der Waals surface area contributed by atoms with Gasteiger partial charge in [-0.15, -0.1) is 0 Å². The molecule has 0 fully saturated rings. The van der Waals surface area contributed by atoms with Gasteiger partial charge < -0.3 is 16.4 Å². The zero-order chi connectivity index (χ0) is 17.4. The predicted octanol–water partition coefficient (Wildman–Crippen LogP) is 1.67. The highest BCUT2D eigenvalue weighted by molar-refractivity contribution is 6.30. The van der Waals surface area contributed by atoms with Gasteiger partial charge in [0.15, 0.2) is 0 Å². The summed E-state index contributed by atoms with van der Waals surface area (Å²) in [6.45, 7) is 0.412. The van der Waals surface area contributed by atoms with Gasteiger partial charge in [-0.3, -0.25) is 9.78 Å². The maximum atomic E-state index is 11.9. The van der Waals surface area contributed by atoms with Crippen molar-refractivity contribution in [1.29, 1.82) is 0 Å². The van der Waals surface area contributed by atoms with Crippen molar-refractivity contribution < 1.29 is 9.59 Å². The first-order valence-corrected chi connectivity index (χ1v) is 7.90. The van der Waals surface area contributed by atoms with Crippen molar-refractivity contribution in [3.05, 3.63) is 64.9 Å². The van der Waals surface area contributed by atoms with E-state index in [0.29, 0.717) is 24.4 Å². The fourth-order valence-corrected chi connectivity index (χ4v) is 2.26. The van der Waals surface area contributed by atoms with Crippen LogP contribution in [0.5, 0.6) is 0 Å². The fourth-order valence-electron chi connectivity index (χ4n) is 2.14. The van der Waals surface area contributed by atoms with Crippen molar-refractivity contribution in [1.82, 2.24) is 15.6 Å². The number of nitrogens with two attached hydrogens (primary N) is 1. The zero-order valence-electron chi connectivity index (χ0n) is 13.0. The summed E-state index contributed by atoms with van der Waals surface area (Å²) in [4.78, 5) is 27.6. The van der Waals surface area contributed by atoms with E-state index in [1.165, 1.54) is 0 Å². The molecular weight excluding hydrogens is 328 g/mol. The predicted molar refractivity (Wildman–Crippen MR) is 92.6 cm³/mol. The number of benzene rings is 1. The summed E-state index contributed by atoms with van der Waals surface area (Å²) in [6, 6.07) is 11.4. The van der Waals surface area contributed by atoms with Crippen LogP contribution in [0, 0.1) is 0 Å². The molecular formula is C17H19ClN4O2. The third-order valence-electron chi connectivity index (χ3n) is 3.39. The Labute approximate surface area is 145 Å². The second kappa shape index (κ2) is 8.88. The molecule has 6 nitrogen and oxygen atoms in total. The highest BCUT2D eigenvalue weighted by atomic mass is 35.5. The van der Waals surface area contributed by atoms with Gasteiger partial charge >= 0.3 is 6.03 Å². The lowest BCUT2D eigenvalue weighted by molar-refractivity contribution is -0.119. The molecule has 0 aliphatic carbocycles. The smallest absolute Gasteiger partial charge is 0.315 e. The SMILES string of the molecule is NC(=O)C(Cc1ccc(Cl)cc1)NC(=O)NCCc1ccccn1. The number of hydrogen-bond acceptors (Lipinski definition) is 3. The molecule has 1 aromatic carbocycles. The Morgan fingerprint density at radius 2 is 1.92 bits per heavy atom. The lowest BCUT2D eigenvalue weighted by atomic mass is 10.1. The zero-order valence-corrected chi connectivity index (χ0v) is 13.8. The first kappa shape index (κ1) is 17.7. The molecule has 0 aliphatic heterocycles. The number of amides is 3. The van der Waals surface area contributed by atoms with Gasteiger partial charge in [-0.05, 0) is 29.8 Å². The van der Waals surface area contributed by atoms with Gasteiger partial charge in [0.1, 0.15) is 6.04 Å². The number of nitrogens with one attached hydrogen (secondary N) is 2. The minimum Gasteiger partial charge on any atom is -0.368 e. The summed E-state index contributed by atoms with van der Waals surface area (Å²) >= 11 is 5.83. The molecule has 4 N–H and O–H groups in total. The van der Waals surface area contributed by atoms with Gasteiger partial charge in [0, 0.05) is 36.3 Å². The molecule has 1 heterocycles. The van der Waals surface area contributed by atoms with E-state index in [1.807, 2.05) is 18.2 Å². The Morgan fingerprint density at radius 1 is 1.17 bits per heavy atom. The van der Waals surface area contributed by atoms with Gasteiger partial charge in [-0.1, -0.05) is 29.8 Å². The van der Waals surface area contributed by atoms with Crippen LogP contribution in [0.15, 0.2) is 48.7 Å². The molecule has 0 spiro atoms. The fraction of sp³-hybridized carbons (Fsp3) is 0.235. The molecule has 24 heavy (non-hydrogen) atoms. The van der Waals surface area contributed by atoms with Gasteiger partial charge in [-0.2, -0.15) is 0 Å². The summed E-state index contributed by atoms with van der Waals surface area (Å²) in [5.74, 6) is -0.593. The van der Waals surface area contributed by atoms with Crippen LogP contribution in [-0.4, -0.2) is 29.5 Å². The summed E-state index contributed by atoms with van der Waals surface area (Å²) in [6.07, 6.45) is 2.61. The molecule has 2 aromatic rings. The molecule has 0 bridgehead atoms. The van der Waals surface area contributed by atoms with Gasteiger partial charge in [0.05, 0.1) is 0 Å². The van der Waals surface area contributed by atoms with Crippen molar-refractivity contribution in [3.63, 3.8) is 0 Å². The Hall–Kier alpha value is -2.60. The molecule has 7 heteroatoms. The molecule has 1 unspecified atom stereocenters. The Bertz CT molecular complexity index is 677. The van der Waals surface area contributed by atoms with Crippen LogP contribution >= 0.6 is 11.6 Å². The van der Waals surface area contributed by atoms with Crippen LogP contribution in [0.3, 0.4) is 0 Å². The van der Waals surface area contributed by atoms with E-state index in [9.17, 15) is 9.59 Å². The second-order valence-corrected chi connectivity index (χ2v) is 5.69. The maximum Gasteiger partial charge on any atom is 0.315 e. The number of rotatable bonds is 7. The number of nitrogens with zero attached hydrogens (tertiary/aromatic N) is 1. The summed E-state index contributed by atoms with van der Waals surface area (Å²) in [7, 11) is 0. The minimum absolute atomic E-state index is 0.306. The highest BCUT2D eigenvalue weighted by Crippen LogP contribution is 2.11. The molecule has 0 saturated carbocycles. The average molecular weight is 347 g/mol. The molecule has 0 aliphatic rings. The van der Waals surface area contributed by atoms with E-state index in [-0.39, 0.29) is 0 Å². The van der Waals surface area contributed by atoms with Gasteiger partial charge in [0.2, 0.25) is 5.91 Å². The van der Waals surface area contributed by atoms with Crippen molar-refractivity contribution in [2.24, 2.45) is 5.73 Å². The van der Waals surface area contributed by atoms with E-state index in [4.69, 9.17) is 17.3 Å². The highest BCUT2D eigenvalue weighted by Gasteiger charge is 2.18. The number of carbonyl (C=O) groups is 2. The number of pyridine rings is 1. The average Bonchev–Trinajstić information content (AvgIpc) is 2.57. The van der Waals surface area contributed by atoms with Crippen molar-refractivity contribution in [3.8, 4) is 0 Å². The molecule has 3 amide bonds. The summed E-state index contributed by atoms with van der Waals surface area (Å²) in [5.41, 5.74) is 7.10. The van der Waals surface area contributed by atoms with Crippen LogP contribution in [0.1, 0.15) is 11.3 Å². The number of hydrogen-bond donors (Lipinski definition) is 3. The molecule has 0 saturated heterocycles. The monoisotopic (exact) mass is 346 g/mol. The Morgan fingerprint density at radius 3 is 2.54 bits per heavy atom. The minimum atomic E-state index is -0.791. The van der Waals surface area contributed by atoms with Crippen molar-refractivity contribution in [2.45, 2.75) is 18.9 Å². The maximum absolute atomic E-state index is 11.9. The number of primary amides is 1. The number of aromatic nitrogens is 1. The van der Waals surface area contributed by atoms with Crippen LogP contribution < -0.4 is 16.4 Å². The van der Waals surface area contributed by atoms with Crippen molar-refractivity contribution in [2.75, 3.05) is 6.54 Å². The topological polar surface area (TPSA) is 97.1 Å². The first-order chi connectivity index (χ1) is 11.5. The van der Waals surface area contributed by atoms with Crippen LogP contribution in [-0.2, 0) is 17.6 Å². The second-order valence-electron chi connectivity index (χ2n) is 5.26. The third kappa shape index (κ3) is 5.89. The normalized spacial score (nSPS) is 11.5. The molecule has 0 radical (unpaired) electrons. The standard InChI is InChI=1S/C17H19ClN4O2/c18-13-6-4-12(5-7-13)11-15(16(19)23)22-17(24)21-10-8-14-3-1-2-9-20-14/h1-7,9,15H,8,10-11H2,(H2,19,23)(H2,21,22,24). The van der Waals surface area contributed by atoms with E-state index in [0.717, 1.165) is 11.3 Å². The van der Waals surface area contributed by atoms with E-state index in [2.05, 4.69) is 15.6 Å². The van der Waals surface area contributed by atoms with E-state index < -0.39 is 18.0 Å². The first-order valence-electron chi connectivity index (χ1n) is 7.52. The van der Waals surface area contributed by atoms with E-state index in [1.54, 1.807) is 30.5 Å². The van der Waals surface area contributed by atoms with E-state index >= 15 is 0 Å². The van der Waals surface area contributed by atoms with Gasteiger partial charge in [0.25, 0.3) is 0 Å². The number of halogens is 1. The Balaban J connectivity index is 1.82. The van der Waals surface area contributed by atoms with Crippen LogP contribution in [0.2, 0.25) is 5.02 Å². The molecule has 1 aromatic heterocycles. The molecule has 126 valence electrons. The number of carbonyl (C=O) groups excluding carboxylic acids is 2. The number of urea groups is 1. The van der Waals surface area contributed by atoms with Crippen LogP contribution in [0.4, 0.5) is 4.79 Å². The summed E-state index contributed by atoms with van der Waals surface area (Å²) in [5, 5.41) is 5.89. The Kier molecular flexibility index (Phi) is 6.57. The largest absolute Gasteiger partial charge is 0.368 e. The third-order valence-corrected chi connectivity index (χ3v) is 3.65. The molecule has 2 rings (SSSR count). The lowest BCUT2D eigenvalue weighted by Gasteiger charge is -2.16. The molecule has 1 atom stereocenters. The lowest BCUT2D eigenvalue weighted by Crippen LogP contribution is -2.49. The quantitative estimate of drug-likeness (QED) is 0.711. The van der Waals surface area contributed by atoms with Gasteiger partial charge in [-0.25, -0.2) is 4.79 Å².